The molecule has 1 amide bonds. The molecule has 1 rings (SSSR count). The van der Waals surface area contributed by atoms with Gasteiger partial charge in [0.05, 0.1) is 18.2 Å². The van der Waals surface area contributed by atoms with Crippen LogP contribution in [-0.4, -0.2) is 41.7 Å². The van der Waals surface area contributed by atoms with E-state index in [4.69, 9.17) is 9.47 Å². The number of hydrogen-bond acceptors (Lipinski definition) is 4. The highest BCUT2D eigenvalue weighted by atomic mass is 19.4. The Morgan fingerprint density at radius 1 is 1.20 bits per heavy atom. The van der Waals surface area contributed by atoms with Gasteiger partial charge in [-0.15, -0.1) is 0 Å². The first-order chi connectivity index (χ1) is 11.4. The lowest BCUT2D eigenvalue weighted by molar-refractivity contribution is -0.137. The number of methoxy groups -OCH3 is 1. The fraction of sp³-hybridized carbons (Fsp3) is 0.588. The van der Waals surface area contributed by atoms with Crippen molar-refractivity contribution in [2.45, 2.75) is 51.4 Å². The number of rotatable bonds is 5. The SMILES string of the molecule is COC[C@@H](c1ccc(C(F)(F)F)cc1)[C@H](C)N(O)C(=O)OC(C)(C)C. The number of alkyl halides is 3. The summed E-state index contributed by atoms with van der Waals surface area (Å²) in [6.07, 6.45) is -5.37. The van der Waals surface area contributed by atoms with Crippen molar-refractivity contribution in [1.82, 2.24) is 5.06 Å². The fourth-order valence-corrected chi connectivity index (χ4v) is 2.26. The van der Waals surface area contributed by atoms with Crippen LogP contribution in [0, 0.1) is 0 Å². The second-order valence-corrected chi connectivity index (χ2v) is 6.75. The lowest BCUT2D eigenvalue weighted by Gasteiger charge is -2.31. The van der Waals surface area contributed by atoms with E-state index in [1.807, 2.05) is 0 Å². The number of nitrogens with zero attached hydrogens (tertiary/aromatic N) is 1. The molecule has 0 aromatic heterocycles. The monoisotopic (exact) mass is 363 g/mol. The Kier molecular flexibility index (Phi) is 6.84. The minimum absolute atomic E-state index is 0.104. The Morgan fingerprint density at radius 2 is 1.72 bits per heavy atom. The summed E-state index contributed by atoms with van der Waals surface area (Å²) < 4.78 is 48.2. The lowest BCUT2D eigenvalue weighted by atomic mass is 9.92. The predicted octanol–water partition coefficient (Wildman–Crippen LogP) is 4.45. The molecule has 0 fully saturated rings. The van der Waals surface area contributed by atoms with Gasteiger partial charge in [0, 0.05) is 13.0 Å². The van der Waals surface area contributed by atoms with Gasteiger partial charge in [-0.2, -0.15) is 18.2 Å². The van der Waals surface area contributed by atoms with Crippen molar-refractivity contribution >= 4 is 6.09 Å². The summed E-state index contributed by atoms with van der Waals surface area (Å²) in [5.41, 5.74) is -1.05. The molecule has 0 aliphatic rings. The second kappa shape index (κ2) is 8.05. The molecule has 5 nitrogen and oxygen atoms in total. The molecule has 25 heavy (non-hydrogen) atoms. The second-order valence-electron chi connectivity index (χ2n) is 6.75. The Morgan fingerprint density at radius 3 is 2.12 bits per heavy atom. The van der Waals surface area contributed by atoms with Crippen molar-refractivity contribution < 1.29 is 32.6 Å². The third-order valence-corrected chi connectivity index (χ3v) is 3.56. The number of carbonyl (C=O) groups is 1. The maximum Gasteiger partial charge on any atom is 0.434 e. The van der Waals surface area contributed by atoms with Gasteiger partial charge in [-0.25, -0.2) is 4.79 Å². The summed E-state index contributed by atoms with van der Waals surface area (Å²) in [4.78, 5) is 12.0. The van der Waals surface area contributed by atoms with E-state index in [0.29, 0.717) is 10.6 Å². The lowest BCUT2D eigenvalue weighted by Crippen LogP contribution is -2.43. The van der Waals surface area contributed by atoms with Crippen molar-refractivity contribution in [2.75, 3.05) is 13.7 Å². The molecule has 142 valence electrons. The van der Waals surface area contributed by atoms with Crippen LogP contribution in [0.15, 0.2) is 24.3 Å². The highest BCUT2D eigenvalue weighted by Crippen LogP contribution is 2.31. The topological polar surface area (TPSA) is 59.0 Å². The van der Waals surface area contributed by atoms with Gasteiger partial charge in [0.2, 0.25) is 0 Å². The standard InChI is InChI=1S/C17H24F3NO4/c1-11(21(23)15(22)25-16(2,3)4)14(10-24-5)12-6-8-13(9-7-12)17(18,19)20/h6-9,11,14,23H,10H2,1-5H3/t11-,14+/m0/s1. The molecule has 1 N–H and O–H groups in total. The average molecular weight is 363 g/mol. The summed E-state index contributed by atoms with van der Waals surface area (Å²) in [7, 11) is 1.43. The highest BCUT2D eigenvalue weighted by Gasteiger charge is 2.33. The zero-order valence-electron chi connectivity index (χ0n) is 14.9. The Balaban J connectivity index is 3.00. The maximum absolute atomic E-state index is 12.7. The minimum Gasteiger partial charge on any atom is -0.442 e. The summed E-state index contributed by atoms with van der Waals surface area (Å²) in [6.45, 7) is 6.64. The molecule has 0 radical (unpaired) electrons. The van der Waals surface area contributed by atoms with E-state index in [2.05, 4.69) is 0 Å². The number of benzene rings is 1. The van der Waals surface area contributed by atoms with Crippen LogP contribution < -0.4 is 0 Å². The van der Waals surface area contributed by atoms with Gasteiger partial charge in [-0.1, -0.05) is 12.1 Å². The molecule has 0 aliphatic carbocycles. The first-order valence-corrected chi connectivity index (χ1v) is 7.74. The number of amides is 1. The predicted molar refractivity (Wildman–Crippen MR) is 85.4 cm³/mol. The van der Waals surface area contributed by atoms with Crippen LogP contribution in [0.1, 0.15) is 44.7 Å². The third kappa shape index (κ3) is 6.21. The number of halogens is 3. The van der Waals surface area contributed by atoms with Gasteiger partial charge < -0.3 is 9.47 Å². The fourth-order valence-electron chi connectivity index (χ4n) is 2.26. The van der Waals surface area contributed by atoms with Crippen molar-refractivity contribution in [3.63, 3.8) is 0 Å². The first-order valence-electron chi connectivity index (χ1n) is 7.74. The van der Waals surface area contributed by atoms with E-state index in [0.717, 1.165) is 12.1 Å². The zero-order chi connectivity index (χ0) is 19.4. The minimum atomic E-state index is -4.43. The number of hydroxylamine groups is 2. The van der Waals surface area contributed by atoms with Gasteiger partial charge in [0.1, 0.15) is 5.60 Å². The summed E-state index contributed by atoms with van der Waals surface area (Å²) >= 11 is 0. The molecule has 0 saturated heterocycles. The van der Waals surface area contributed by atoms with Gasteiger partial charge in [0.15, 0.2) is 0 Å². The van der Waals surface area contributed by atoms with E-state index in [1.54, 1.807) is 27.7 Å². The van der Waals surface area contributed by atoms with E-state index < -0.39 is 35.4 Å². The van der Waals surface area contributed by atoms with Crippen LogP contribution in [0.3, 0.4) is 0 Å². The Hall–Kier alpha value is -1.80. The van der Waals surface area contributed by atoms with E-state index >= 15 is 0 Å². The number of carbonyl (C=O) groups excluding carboxylic acids is 1. The number of hydrogen-bond donors (Lipinski definition) is 1. The summed E-state index contributed by atoms with van der Waals surface area (Å²) in [6, 6.07) is 3.77. The normalized spacial score (nSPS) is 14.8. The summed E-state index contributed by atoms with van der Waals surface area (Å²) in [5, 5.41) is 10.6. The molecule has 0 bridgehead atoms. The van der Waals surface area contributed by atoms with Gasteiger partial charge in [-0.05, 0) is 45.4 Å². The smallest absolute Gasteiger partial charge is 0.434 e. The quantitative estimate of drug-likeness (QED) is 0.620. The van der Waals surface area contributed by atoms with Crippen LogP contribution in [-0.2, 0) is 15.7 Å². The third-order valence-electron chi connectivity index (χ3n) is 3.56. The van der Waals surface area contributed by atoms with Crippen LogP contribution in [0.25, 0.3) is 0 Å². The van der Waals surface area contributed by atoms with Crippen molar-refractivity contribution in [3.05, 3.63) is 35.4 Å². The molecular formula is C17H24F3NO4. The largest absolute Gasteiger partial charge is 0.442 e. The van der Waals surface area contributed by atoms with Crippen LogP contribution in [0.5, 0.6) is 0 Å². The zero-order valence-corrected chi connectivity index (χ0v) is 14.9. The molecule has 0 aliphatic heterocycles. The number of ether oxygens (including phenoxy) is 2. The molecule has 8 heteroatoms. The van der Waals surface area contributed by atoms with Gasteiger partial charge >= 0.3 is 12.3 Å². The van der Waals surface area contributed by atoms with Gasteiger partial charge in [0.25, 0.3) is 0 Å². The molecule has 0 spiro atoms. The molecule has 0 unspecified atom stereocenters. The van der Waals surface area contributed by atoms with Gasteiger partial charge in [-0.3, -0.25) is 5.21 Å². The molecule has 0 saturated carbocycles. The maximum atomic E-state index is 12.7. The van der Waals surface area contributed by atoms with Crippen LogP contribution in [0.4, 0.5) is 18.0 Å². The van der Waals surface area contributed by atoms with E-state index in [1.165, 1.54) is 19.2 Å². The molecule has 1 aromatic rings. The molecule has 1 aromatic carbocycles. The molecule has 0 heterocycles. The van der Waals surface area contributed by atoms with Crippen molar-refractivity contribution in [3.8, 4) is 0 Å². The molecular weight excluding hydrogens is 339 g/mol. The van der Waals surface area contributed by atoms with E-state index in [-0.39, 0.29) is 6.61 Å². The van der Waals surface area contributed by atoms with Crippen molar-refractivity contribution in [1.29, 1.82) is 0 Å². The average Bonchev–Trinajstić information content (AvgIpc) is 2.49. The first kappa shape index (κ1) is 21.2. The Labute approximate surface area is 145 Å². The van der Waals surface area contributed by atoms with Crippen LogP contribution in [0.2, 0.25) is 0 Å². The summed E-state index contributed by atoms with van der Waals surface area (Å²) in [5.74, 6) is -0.537. The van der Waals surface area contributed by atoms with Crippen LogP contribution >= 0.6 is 0 Å². The van der Waals surface area contributed by atoms with E-state index in [9.17, 15) is 23.2 Å². The molecule has 2 atom stereocenters. The highest BCUT2D eigenvalue weighted by molar-refractivity contribution is 5.67. The Bertz CT molecular complexity index is 567. The van der Waals surface area contributed by atoms with Crippen molar-refractivity contribution in [2.24, 2.45) is 0 Å².